The minimum Gasteiger partial charge on any atom is -0.338 e. The zero-order chi connectivity index (χ0) is 19.4. The summed E-state index contributed by atoms with van der Waals surface area (Å²) in [7, 11) is 0. The van der Waals surface area contributed by atoms with Gasteiger partial charge in [0.2, 0.25) is 11.8 Å². The summed E-state index contributed by atoms with van der Waals surface area (Å²) in [6.07, 6.45) is 1.58. The van der Waals surface area contributed by atoms with Gasteiger partial charge in [0.25, 0.3) is 5.91 Å². The molecule has 0 aromatic heterocycles. The molecule has 0 radical (unpaired) electrons. The van der Waals surface area contributed by atoms with Gasteiger partial charge < -0.3 is 14.7 Å². The normalized spacial score (nSPS) is 20.5. The molecule has 0 spiro atoms. The second kappa shape index (κ2) is 8.55. The number of hydrogen-bond donors (Lipinski definition) is 0. The van der Waals surface area contributed by atoms with Crippen LogP contribution < -0.4 is 0 Å². The van der Waals surface area contributed by atoms with Gasteiger partial charge in [-0.3, -0.25) is 14.4 Å². The summed E-state index contributed by atoms with van der Waals surface area (Å²) in [4.78, 5) is 42.6. The standard InChI is InChI=1S/C21H29N3O3/c1-16(2)12-17-13-19(25)24(14-17)15-20(26)22-8-10-23(11-9-22)21(27)18-6-4-3-5-7-18/h3-7,16-17H,8-15H2,1-2H3/t17-/m1/s1. The highest BCUT2D eigenvalue weighted by atomic mass is 16.2. The smallest absolute Gasteiger partial charge is 0.253 e. The maximum Gasteiger partial charge on any atom is 0.253 e. The first-order valence-corrected chi connectivity index (χ1v) is 9.84. The average molecular weight is 371 g/mol. The Bertz CT molecular complexity index is 681. The molecule has 3 amide bonds. The highest BCUT2D eigenvalue weighted by Crippen LogP contribution is 2.24. The highest BCUT2D eigenvalue weighted by molar-refractivity contribution is 5.94. The molecule has 27 heavy (non-hydrogen) atoms. The van der Waals surface area contributed by atoms with Crippen LogP contribution in [0.5, 0.6) is 0 Å². The zero-order valence-corrected chi connectivity index (χ0v) is 16.3. The molecule has 2 saturated heterocycles. The maximum absolute atomic E-state index is 12.6. The van der Waals surface area contributed by atoms with E-state index in [-0.39, 0.29) is 24.3 Å². The molecule has 0 N–H and O–H groups in total. The van der Waals surface area contributed by atoms with Gasteiger partial charge in [-0.15, -0.1) is 0 Å². The predicted molar refractivity (Wildman–Crippen MR) is 103 cm³/mol. The Labute approximate surface area is 161 Å². The molecule has 6 heteroatoms. The Balaban J connectivity index is 1.47. The monoisotopic (exact) mass is 371 g/mol. The topological polar surface area (TPSA) is 60.9 Å². The van der Waals surface area contributed by atoms with Gasteiger partial charge in [0.15, 0.2) is 0 Å². The molecule has 1 aromatic carbocycles. The molecule has 0 saturated carbocycles. The van der Waals surface area contributed by atoms with E-state index in [4.69, 9.17) is 0 Å². The molecular weight excluding hydrogens is 342 g/mol. The number of carbonyl (C=O) groups is 3. The van der Waals surface area contributed by atoms with Crippen molar-refractivity contribution < 1.29 is 14.4 Å². The number of hydrogen-bond acceptors (Lipinski definition) is 3. The largest absolute Gasteiger partial charge is 0.338 e. The van der Waals surface area contributed by atoms with Crippen molar-refractivity contribution in [3.8, 4) is 0 Å². The van der Waals surface area contributed by atoms with E-state index in [1.807, 2.05) is 30.3 Å². The molecule has 6 nitrogen and oxygen atoms in total. The summed E-state index contributed by atoms with van der Waals surface area (Å²) >= 11 is 0. The minimum absolute atomic E-state index is 0.00828. The minimum atomic E-state index is -0.0136. The quantitative estimate of drug-likeness (QED) is 0.794. The van der Waals surface area contributed by atoms with E-state index in [0.717, 1.165) is 6.42 Å². The first-order valence-electron chi connectivity index (χ1n) is 9.84. The van der Waals surface area contributed by atoms with Gasteiger partial charge in [-0.1, -0.05) is 32.0 Å². The maximum atomic E-state index is 12.6. The second-order valence-electron chi connectivity index (χ2n) is 8.01. The van der Waals surface area contributed by atoms with Crippen LogP contribution in [-0.2, 0) is 9.59 Å². The van der Waals surface area contributed by atoms with Gasteiger partial charge >= 0.3 is 0 Å². The number of nitrogens with zero attached hydrogens (tertiary/aromatic N) is 3. The van der Waals surface area contributed by atoms with Crippen LogP contribution in [0.1, 0.15) is 37.0 Å². The molecule has 2 aliphatic heterocycles. The lowest BCUT2D eigenvalue weighted by Gasteiger charge is -2.35. The van der Waals surface area contributed by atoms with Gasteiger partial charge in [0.1, 0.15) is 0 Å². The van der Waals surface area contributed by atoms with Gasteiger partial charge in [0.05, 0.1) is 6.54 Å². The van der Waals surface area contributed by atoms with Crippen molar-refractivity contribution in [2.75, 3.05) is 39.3 Å². The van der Waals surface area contributed by atoms with E-state index in [1.165, 1.54) is 0 Å². The number of carbonyl (C=O) groups excluding carboxylic acids is 3. The van der Waals surface area contributed by atoms with Crippen LogP contribution in [-0.4, -0.2) is 71.7 Å². The van der Waals surface area contributed by atoms with E-state index < -0.39 is 0 Å². The van der Waals surface area contributed by atoms with Gasteiger partial charge in [0, 0.05) is 44.7 Å². The van der Waals surface area contributed by atoms with Crippen LogP contribution in [0.2, 0.25) is 0 Å². The Morgan fingerprint density at radius 2 is 1.67 bits per heavy atom. The molecule has 0 unspecified atom stereocenters. The summed E-state index contributed by atoms with van der Waals surface area (Å²) in [5.41, 5.74) is 0.677. The van der Waals surface area contributed by atoms with Gasteiger partial charge in [-0.2, -0.15) is 0 Å². The molecular formula is C21H29N3O3. The van der Waals surface area contributed by atoms with Crippen LogP contribution in [0, 0.1) is 11.8 Å². The SMILES string of the molecule is CC(C)C[C@@H]1CC(=O)N(CC(=O)N2CCN(C(=O)c3ccccc3)CC2)C1. The average Bonchev–Trinajstić information content (AvgIpc) is 3.00. The van der Waals surface area contributed by atoms with Crippen LogP contribution in [0.15, 0.2) is 30.3 Å². The highest BCUT2D eigenvalue weighted by Gasteiger charge is 2.33. The van der Waals surface area contributed by atoms with Crippen molar-refractivity contribution in [3.05, 3.63) is 35.9 Å². The third kappa shape index (κ3) is 4.87. The van der Waals surface area contributed by atoms with Crippen molar-refractivity contribution in [2.24, 2.45) is 11.8 Å². The van der Waals surface area contributed by atoms with Crippen molar-refractivity contribution in [3.63, 3.8) is 0 Å². The van der Waals surface area contributed by atoms with Gasteiger partial charge in [-0.05, 0) is 30.4 Å². The van der Waals surface area contributed by atoms with E-state index in [9.17, 15) is 14.4 Å². The first-order chi connectivity index (χ1) is 12.9. The fraction of sp³-hybridized carbons (Fsp3) is 0.571. The fourth-order valence-corrected chi connectivity index (χ4v) is 4.02. The predicted octanol–water partition coefficient (Wildman–Crippen LogP) is 1.87. The number of likely N-dealkylation sites (tertiary alicyclic amines) is 1. The van der Waals surface area contributed by atoms with Crippen LogP contribution in [0.25, 0.3) is 0 Å². The lowest BCUT2D eigenvalue weighted by atomic mass is 9.96. The molecule has 0 bridgehead atoms. The van der Waals surface area contributed by atoms with Crippen molar-refractivity contribution in [1.82, 2.24) is 14.7 Å². The van der Waals surface area contributed by atoms with Crippen molar-refractivity contribution >= 4 is 17.7 Å². The molecule has 1 aromatic rings. The summed E-state index contributed by atoms with van der Waals surface area (Å²) < 4.78 is 0. The Morgan fingerprint density at radius 1 is 1.04 bits per heavy atom. The summed E-state index contributed by atoms with van der Waals surface area (Å²) in [5.74, 6) is 1.01. The Morgan fingerprint density at radius 3 is 2.30 bits per heavy atom. The molecule has 0 aliphatic carbocycles. The van der Waals surface area contributed by atoms with E-state index in [2.05, 4.69) is 13.8 Å². The van der Waals surface area contributed by atoms with Crippen LogP contribution in [0.4, 0.5) is 0 Å². The van der Waals surface area contributed by atoms with Crippen molar-refractivity contribution in [2.45, 2.75) is 26.7 Å². The lowest BCUT2D eigenvalue weighted by molar-refractivity contribution is -0.139. The Kier molecular flexibility index (Phi) is 6.14. The number of piperazine rings is 1. The molecule has 3 rings (SSSR count). The molecule has 1 atom stereocenters. The second-order valence-corrected chi connectivity index (χ2v) is 8.01. The molecule has 2 aliphatic rings. The van der Waals surface area contributed by atoms with E-state index in [1.54, 1.807) is 14.7 Å². The molecule has 146 valence electrons. The van der Waals surface area contributed by atoms with Gasteiger partial charge in [-0.25, -0.2) is 0 Å². The van der Waals surface area contributed by atoms with Crippen LogP contribution >= 0.6 is 0 Å². The van der Waals surface area contributed by atoms with Crippen molar-refractivity contribution in [1.29, 1.82) is 0 Å². The Hall–Kier alpha value is -2.37. The first kappa shape index (κ1) is 19.4. The van der Waals surface area contributed by atoms with Crippen LogP contribution in [0.3, 0.4) is 0 Å². The van der Waals surface area contributed by atoms with E-state index >= 15 is 0 Å². The number of rotatable bonds is 5. The zero-order valence-electron chi connectivity index (χ0n) is 16.3. The third-order valence-corrected chi connectivity index (χ3v) is 5.37. The summed E-state index contributed by atoms with van der Waals surface area (Å²) in [6, 6.07) is 9.22. The number of amides is 3. The van der Waals surface area contributed by atoms with E-state index in [0.29, 0.717) is 56.5 Å². The number of benzene rings is 1. The summed E-state index contributed by atoms with van der Waals surface area (Å²) in [5, 5.41) is 0. The fourth-order valence-electron chi connectivity index (χ4n) is 4.02. The third-order valence-electron chi connectivity index (χ3n) is 5.37. The summed E-state index contributed by atoms with van der Waals surface area (Å²) in [6.45, 7) is 7.29. The molecule has 2 fully saturated rings. The molecule has 2 heterocycles. The lowest BCUT2D eigenvalue weighted by Crippen LogP contribution is -2.52.